The molecule has 0 atom stereocenters. The van der Waals surface area contributed by atoms with E-state index in [1.165, 1.54) is 0 Å². The van der Waals surface area contributed by atoms with Crippen LogP contribution in [0, 0.1) is 11.3 Å². The number of hydrogen-bond donors (Lipinski definition) is 2. The van der Waals surface area contributed by atoms with Crippen molar-refractivity contribution in [2.45, 2.75) is 0 Å². The number of nitrogens with zero attached hydrogens (tertiary/aromatic N) is 2. The molecule has 0 aliphatic rings. The van der Waals surface area contributed by atoms with Gasteiger partial charge in [0.05, 0.1) is 17.8 Å². The van der Waals surface area contributed by atoms with Crippen molar-refractivity contribution in [2.24, 2.45) is 0 Å². The van der Waals surface area contributed by atoms with Gasteiger partial charge in [0.1, 0.15) is 18.4 Å². The molecule has 2 rings (SSSR count). The second-order valence-corrected chi connectivity index (χ2v) is 3.82. The first kappa shape index (κ1) is 12.7. The van der Waals surface area contributed by atoms with Crippen LogP contribution in [0.1, 0.15) is 5.56 Å². The van der Waals surface area contributed by atoms with Crippen molar-refractivity contribution in [1.29, 1.82) is 5.26 Å². The molecule has 1 aromatic heterocycles. The molecule has 0 bridgehead atoms. The summed E-state index contributed by atoms with van der Waals surface area (Å²) in [7, 11) is 0. The Bertz CT molecular complexity index is 578. The Balaban J connectivity index is 1.85. The Morgan fingerprint density at radius 1 is 1.26 bits per heavy atom. The summed E-state index contributed by atoms with van der Waals surface area (Å²) in [5.74, 6) is 1.33. The third kappa shape index (κ3) is 3.36. The summed E-state index contributed by atoms with van der Waals surface area (Å²) in [6.45, 7) is 1.04. The molecule has 1 heterocycles. The topological polar surface area (TPSA) is 84.0 Å². The molecule has 96 valence electrons. The molecule has 3 N–H and O–H groups in total. The number of para-hydroxylation sites is 1. The maximum absolute atomic E-state index is 8.85. The standard InChI is InChI=1S/C14H14N4O/c15-10-11-6-7-17-14(13(11)16)18-8-9-19-12-4-2-1-3-5-12/h1-7H,8-9,16H2,(H,17,18). The van der Waals surface area contributed by atoms with Crippen molar-refractivity contribution >= 4 is 11.5 Å². The fourth-order valence-corrected chi connectivity index (χ4v) is 1.57. The Morgan fingerprint density at radius 2 is 2.05 bits per heavy atom. The summed E-state index contributed by atoms with van der Waals surface area (Å²) < 4.78 is 5.53. The first-order chi connectivity index (χ1) is 9.31. The van der Waals surface area contributed by atoms with Crippen LogP contribution in [0.4, 0.5) is 11.5 Å². The van der Waals surface area contributed by atoms with Gasteiger partial charge in [0, 0.05) is 6.20 Å². The van der Waals surface area contributed by atoms with E-state index in [4.69, 9.17) is 15.7 Å². The number of rotatable bonds is 5. The lowest BCUT2D eigenvalue weighted by Gasteiger charge is -2.10. The highest BCUT2D eigenvalue weighted by Gasteiger charge is 2.04. The highest BCUT2D eigenvalue weighted by atomic mass is 16.5. The summed E-state index contributed by atoms with van der Waals surface area (Å²) in [6, 6.07) is 13.1. The fourth-order valence-electron chi connectivity index (χ4n) is 1.57. The molecule has 1 aromatic carbocycles. The zero-order valence-electron chi connectivity index (χ0n) is 10.3. The van der Waals surface area contributed by atoms with E-state index in [0.29, 0.717) is 30.2 Å². The number of nitrogen functional groups attached to an aromatic ring is 1. The van der Waals surface area contributed by atoms with Gasteiger partial charge in [-0.3, -0.25) is 0 Å². The molecule has 0 saturated heterocycles. The Morgan fingerprint density at radius 3 is 2.79 bits per heavy atom. The van der Waals surface area contributed by atoms with Gasteiger partial charge in [-0.15, -0.1) is 0 Å². The van der Waals surface area contributed by atoms with Crippen LogP contribution in [0.2, 0.25) is 0 Å². The Hall–Kier alpha value is -2.74. The summed E-state index contributed by atoms with van der Waals surface area (Å²) in [5, 5.41) is 11.9. The summed E-state index contributed by atoms with van der Waals surface area (Å²) in [4.78, 5) is 4.09. The molecule has 5 nitrogen and oxygen atoms in total. The summed E-state index contributed by atoms with van der Waals surface area (Å²) in [6.07, 6.45) is 1.55. The molecular formula is C14H14N4O. The smallest absolute Gasteiger partial charge is 0.150 e. The number of ether oxygens (including phenoxy) is 1. The quantitative estimate of drug-likeness (QED) is 0.797. The molecule has 5 heteroatoms. The minimum absolute atomic E-state index is 0.365. The molecule has 0 radical (unpaired) electrons. The molecule has 0 amide bonds. The Kier molecular flexibility index (Phi) is 4.19. The van der Waals surface area contributed by atoms with E-state index >= 15 is 0 Å². The number of nitrogens with one attached hydrogen (secondary N) is 1. The van der Waals surface area contributed by atoms with Crippen LogP contribution in [0.25, 0.3) is 0 Å². The van der Waals surface area contributed by atoms with E-state index in [9.17, 15) is 0 Å². The fraction of sp³-hybridized carbons (Fsp3) is 0.143. The van der Waals surface area contributed by atoms with Gasteiger partial charge in [0.2, 0.25) is 0 Å². The second-order valence-electron chi connectivity index (χ2n) is 3.82. The van der Waals surface area contributed by atoms with Gasteiger partial charge in [-0.05, 0) is 18.2 Å². The molecule has 0 fully saturated rings. The second kappa shape index (κ2) is 6.26. The van der Waals surface area contributed by atoms with E-state index in [1.54, 1.807) is 12.3 Å². The van der Waals surface area contributed by atoms with Crippen LogP contribution in [0.3, 0.4) is 0 Å². The molecule has 2 aromatic rings. The molecule has 0 aliphatic carbocycles. The predicted octanol–water partition coefficient (Wildman–Crippen LogP) is 2.03. The minimum Gasteiger partial charge on any atom is -0.492 e. The number of pyridine rings is 1. The molecular weight excluding hydrogens is 240 g/mol. The number of benzene rings is 1. The zero-order chi connectivity index (χ0) is 13.5. The lowest BCUT2D eigenvalue weighted by atomic mass is 10.2. The maximum Gasteiger partial charge on any atom is 0.150 e. The summed E-state index contributed by atoms with van der Waals surface area (Å²) >= 11 is 0. The first-order valence-electron chi connectivity index (χ1n) is 5.87. The minimum atomic E-state index is 0.365. The predicted molar refractivity (Wildman–Crippen MR) is 73.8 cm³/mol. The third-order valence-electron chi connectivity index (χ3n) is 2.52. The lowest BCUT2D eigenvalue weighted by molar-refractivity contribution is 0.333. The van der Waals surface area contributed by atoms with Crippen molar-refractivity contribution in [1.82, 2.24) is 4.98 Å². The van der Waals surface area contributed by atoms with E-state index in [-0.39, 0.29) is 0 Å². The summed E-state index contributed by atoms with van der Waals surface area (Å²) in [5.41, 5.74) is 6.58. The van der Waals surface area contributed by atoms with Gasteiger partial charge in [-0.2, -0.15) is 5.26 Å². The van der Waals surface area contributed by atoms with Gasteiger partial charge in [0.25, 0.3) is 0 Å². The van der Waals surface area contributed by atoms with E-state index < -0.39 is 0 Å². The average molecular weight is 254 g/mol. The molecule has 0 spiro atoms. The van der Waals surface area contributed by atoms with E-state index in [2.05, 4.69) is 10.3 Å². The Labute approximate surface area is 111 Å². The molecule has 0 saturated carbocycles. The van der Waals surface area contributed by atoms with Crippen molar-refractivity contribution in [2.75, 3.05) is 24.2 Å². The lowest BCUT2D eigenvalue weighted by Crippen LogP contribution is -2.13. The first-order valence-corrected chi connectivity index (χ1v) is 5.87. The SMILES string of the molecule is N#Cc1ccnc(NCCOc2ccccc2)c1N. The molecule has 0 aliphatic heterocycles. The molecule has 19 heavy (non-hydrogen) atoms. The van der Waals surface area contributed by atoms with Gasteiger partial charge in [-0.25, -0.2) is 4.98 Å². The van der Waals surface area contributed by atoms with Crippen LogP contribution < -0.4 is 15.8 Å². The highest BCUT2D eigenvalue weighted by molar-refractivity contribution is 5.68. The van der Waals surface area contributed by atoms with Gasteiger partial charge < -0.3 is 15.8 Å². The number of nitriles is 1. The number of aromatic nitrogens is 1. The molecule has 0 unspecified atom stereocenters. The van der Waals surface area contributed by atoms with Crippen LogP contribution >= 0.6 is 0 Å². The number of nitrogens with two attached hydrogens (primary N) is 1. The highest BCUT2D eigenvalue weighted by Crippen LogP contribution is 2.18. The largest absolute Gasteiger partial charge is 0.492 e. The normalized spacial score (nSPS) is 9.63. The van der Waals surface area contributed by atoms with Gasteiger partial charge in [0.15, 0.2) is 5.82 Å². The van der Waals surface area contributed by atoms with Crippen molar-refractivity contribution < 1.29 is 4.74 Å². The van der Waals surface area contributed by atoms with Crippen molar-refractivity contribution in [3.05, 3.63) is 48.2 Å². The van der Waals surface area contributed by atoms with Gasteiger partial charge in [-0.1, -0.05) is 18.2 Å². The average Bonchev–Trinajstić information content (AvgIpc) is 2.46. The number of hydrogen-bond acceptors (Lipinski definition) is 5. The van der Waals surface area contributed by atoms with Crippen molar-refractivity contribution in [3.8, 4) is 11.8 Å². The van der Waals surface area contributed by atoms with Crippen LogP contribution in [-0.2, 0) is 0 Å². The maximum atomic E-state index is 8.85. The van der Waals surface area contributed by atoms with Crippen LogP contribution in [0.5, 0.6) is 5.75 Å². The van der Waals surface area contributed by atoms with Crippen LogP contribution in [0.15, 0.2) is 42.6 Å². The zero-order valence-corrected chi connectivity index (χ0v) is 10.3. The number of anilines is 2. The van der Waals surface area contributed by atoms with E-state index in [1.807, 2.05) is 36.4 Å². The third-order valence-corrected chi connectivity index (χ3v) is 2.52. The van der Waals surface area contributed by atoms with Crippen molar-refractivity contribution in [3.63, 3.8) is 0 Å². The van der Waals surface area contributed by atoms with Gasteiger partial charge >= 0.3 is 0 Å². The monoisotopic (exact) mass is 254 g/mol. The van der Waals surface area contributed by atoms with Crippen LogP contribution in [-0.4, -0.2) is 18.1 Å². The van der Waals surface area contributed by atoms with E-state index in [0.717, 1.165) is 5.75 Å².